The van der Waals surface area contributed by atoms with Gasteiger partial charge in [0.2, 0.25) is 0 Å². The molecule has 0 spiro atoms. The number of nitrogens with one attached hydrogen (secondary N) is 2. The van der Waals surface area contributed by atoms with Crippen molar-refractivity contribution in [2.24, 2.45) is 0 Å². The number of fused-ring (bicyclic) bond motifs is 2. The van der Waals surface area contributed by atoms with Gasteiger partial charge in [0.05, 0.1) is 22.1 Å². The van der Waals surface area contributed by atoms with Crippen LogP contribution in [0.3, 0.4) is 0 Å². The molecule has 166 valence electrons. The van der Waals surface area contributed by atoms with Crippen LogP contribution >= 0.6 is 0 Å². The van der Waals surface area contributed by atoms with E-state index in [4.69, 9.17) is 9.97 Å². The molecule has 7 nitrogen and oxygen atoms in total. The van der Waals surface area contributed by atoms with Crippen molar-refractivity contribution in [2.45, 2.75) is 6.92 Å². The lowest BCUT2D eigenvalue weighted by atomic mass is 10.1. The van der Waals surface area contributed by atoms with Gasteiger partial charge in [-0.15, -0.1) is 0 Å². The van der Waals surface area contributed by atoms with Gasteiger partial charge in [-0.25, -0.2) is 9.97 Å². The SMILES string of the molecule is Cc1cc(-c2nc3ccc(-c4nc5ccc(N6CCN(C)CC6)cc5[nH]4)cc3[nH]2)ccc1O. The number of aromatic amines is 2. The number of H-pyrrole nitrogens is 2. The number of imidazole rings is 2. The summed E-state index contributed by atoms with van der Waals surface area (Å²) >= 11 is 0. The topological polar surface area (TPSA) is 84.1 Å². The van der Waals surface area contributed by atoms with Gasteiger partial charge in [0, 0.05) is 43.0 Å². The number of likely N-dealkylation sites (N-methyl/N-ethyl adjacent to an activating group) is 1. The number of benzene rings is 3. The fourth-order valence-corrected chi connectivity index (χ4v) is 4.49. The van der Waals surface area contributed by atoms with E-state index in [2.05, 4.69) is 51.1 Å². The number of phenolic OH excluding ortho intramolecular Hbond substituents is 1. The van der Waals surface area contributed by atoms with Gasteiger partial charge in [0.1, 0.15) is 17.4 Å². The minimum absolute atomic E-state index is 0.290. The first-order valence-corrected chi connectivity index (χ1v) is 11.3. The number of aromatic nitrogens is 4. The van der Waals surface area contributed by atoms with E-state index in [1.54, 1.807) is 6.07 Å². The van der Waals surface area contributed by atoms with Crippen LogP contribution in [0.25, 0.3) is 44.8 Å². The highest BCUT2D eigenvalue weighted by molar-refractivity contribution is 5.87. The zero-order valence-electron chi connectivity index (χ0n) is 18.8. The zero-order chi connectivity index (χ0) is 22.5. The van der Waals surface area contributed by atoms with Gasteiger partial charge in [-0.2, -0.15) is 0 Å². The Hall–Kier alpha value is -3.84. The number of phenols is 1. The van der Waals surface area contributed by atoms with Gasteiger partial charge < -0.3 is 24.9 Å². The van der Waals surface area contributed by atoms with E-state index >= 15 is 0 Å². The monoisotopic (exact) mass is 438 g/mol. The van der Waals surface area contributed by atoms with Gasteiger partial charge in [-0.1, -0.05) is 0 Å². The molecule has 0 bridgehead atoms. The number of aryl methyl sites for hydroxylation is 1. The summed E-state index contributed by atoms with van der Waals surface area (Å²) in [6.45, 7) is 6.14. The number of hydrogen-bond donors (Lipinski definition) is 3. The predicted molar refractivity (Wildman–Crippen MR) is 133 cm³/mol. The molecule has 7 heteroatoms. The minimum Gasteiger partial charge on any atom is -0.508 e. The van der Waals surface area contributed by atoms with Crippen LogP contribution in [0.5, 0.6) is 5.75 Å². The van der Waals surface area contributed by atoms with Crippen molar-refractivity contribution in [1.29, 1.82) is 0 Å². The van der Waals surface area contributed by atoms with E-state index in [1.807, 2.05) is 31.2 Å². The molecular weight excluding hydrogens is 412 g/mol. The third-order valence-electron chi connectivity index (χ3n) is 6.56. The quantitative estimate of drug-likeness (QED) is 0.385. The van der Waals surface area contributed by atoms with Crippen LogP contribution in [0, 0.1) is 6.92 Å². The summed E-state index contributed by atoms with van der Waals surface area (Å²) in [6.07, 6.45) is 0. The number of rotatable bonds is 3. The van der Waals surface area contributed by atoms with Crippen molar-refractivity contribution in [3.8, 4) is 28.5 Å². The normalized spacial score (nSPS) is 15.0. The van der Waals surface area contributed by atoms with Crippen molar-refractivity contribution in [1.82, 2.24) is 24.8 Å². The average Bonchev–Trinajstić information content (AvgIpc) is 3.44. The maximum absolute atomic E-state index is 9.81. The second-order valence-corrected chi connectivity index (χ2v) is 8.90. The molecule has 0 amide bonds. The number of piperazine rings is 1. The summed E-state index contributed by atoms with van der Waals surface area (Å²) in [6, 6.07) is 18.1. The molecule has 33 heavy (non-hydrogen) atoms. The number of aromatic hydroxyl groups is 1. The highest BCUT2D eigenvalue weighted by Gasteiger charge is 2.16. The largest absolute Gasteiger partial charge is 0.508 e. The molecule has 0 atom stereocenters. The first-order valence-electron chi connectivity index (χ1n) is 11.3. The zero-order valence-corrected chi connectivity index (χ0v) is 18.8. The van der Waals surface area contributed by atoms with Crippen molar-refractivity contribution < 1.29 is 5.11 Å². The Bertz CT molecular complexity index is 1480. The molecule has 3 heterocycles. The summed E-state index contributed by atoms with van der Waals surface area (Å²) in [5.74, 6) is 1.92. The summed E-state index contributed by atoms with van der Waals surface area (Å²) < 4.78 is 0. The number of nitrogens with zero attached hydrogens (tertiary/aromatic N) is 4. The van der Waals surface area contributed by atoms with Crippen LogP contribution in [-0.2, 0) is 0 Å². The molecule has 1 saturated heterocycles. The summed E-state index contributed by atoms with van der Waals surface area (Å²) in [5, 5.41) is 9.81. The Kier molecular flexibility index (Phi) is 4.58. The summed E-state index contributed by atoms with van der Waals surface area (Å²) in [4.78, 5) is 21.3. The standard InChI is InChI=1S/C26H26N6O/c1-16-13-17(4-8-24(16)33)25-27-20-6-3-18(14-22(20)29-25)26-28-21-7-5-19(15-23(21)30-26)32-11-9-31(2)10-12-32/h3-8,13-15,33H,9-12H2,1-2H3,(H,27,29)(H,28,30). The fourth-order valence-electron chi connectivity index (χ4n) is 4.49. The van der Waals surface area contributed by atoms with Crippen molar-refractivity contribution in [3.05, 3.63) is 60.2 Å². The second-order valence-electron chi connectivity index (χ2n) is 8.90. The smallest absolute Gasteiger partial charge is 0.138 e. The third-order valence-corrected chi connectivity index (χ3v) is 6.56. The molecule has 0 aliphatic carbocycles. The minimum atomic E-state index is 0.290. The van der Waals surface area contributed by atoms with Crippen LogP contribution in [-0.4, -0.2) is 63.2 Å². The lowest BCUT2D eigenvalue weighted by Gasteiger charge is -2.34. The Balaban J connectivity index is 1.32. The van der Waals surface area contributed by atoms with Crippen LogP contribution < -0.4 is 4.90 Å². The molecule has 5 aromatic rings. The molecule has 1 aliphatic heterocycles. The first kappa shape index (κ1) is 19.8. The summed E-state index contributed by atoms with van der Waals surface area (Å²) in [7, 11) is 2.17. The van der Waals surface area contributed by atoms with Gasteiger partial charge in [-0.05, 0) is 74.1 Å². The van der Waals surface area contributed by atoms with Gasteiger partial charge >= 0.3 is 0 Å². The maximum Gasteiger partial charge on any atom is 0.138 e. The fraction of sp³-hybridized carbons (Fsp3) is 0.231. The average molecular weight is 439 g/mol. The molecule has 1 aliphatic rings. The second kappa shape index (κ2) is 7.64. The highest BCUT2D eigenvalue weighted by atomic mass is 16.3. The van der Waals surface area contributed by atoms with Crippen molar-refractivity contribution in [2.75, 3.05) is 38.1 Å². The first-order chi connectivity index (χ1) is 16.0. The van der Waals surface area contributed by atoms with E-state index in [0.29, 0.717) is 0 Å². The number of hydrogen-bond acceptors (Lipinski definition) is 5. The molecule has 3 N–H and O–H groups in total. The molecule has 3 aromatic carbocycles. The van der Waals surface area contributed by atoms with Crippen LogP contribution in [0.2, 0.25) is 0 Å². The third kappa shape index (κ3) is 3.60. The Morgan fingerprint density at radius 3 is 2.06 bits per heavy atom. The lowest BCUT2D eigenvalue weighted by molar-refractivity contribution is 0.313. The van der Waals surface area contributed by atoms with Crippen LogP contribution in [0.4, 0.5) is 5.69 Å². The highest BCUT2D eigenvalue weighted by Crippen LogP contribution is 2.29. The van der Waals surface area contributed by atoms with Crippen LogP contribution in [0.15, 0.2) is 54.6 Å². The molecular formula is C26H26N6O. The molecule has 0 radical (unpaired) electrons. The Labute approximate surface area is 191 Å². The van der Waals surface area contributed by atoms with Gasteiger partial charge in [0.15, 0.2) is 0 Å². The molecule has 0 unspecified atom stereocenters. The van der Waals surface area contributed by atoms with Gasteiger partial charge in [0.25, 0.3) is 0 Å². The van der Waals surface area contributed by atoms with E-state index in [-0.39, 0.29) is 5.75 Å². The maximum atomic E-state index is 9.81. The van der Waals surface area contributed by atoms with Crippen molar-refractivity contribution >= 4 is 27.8 Å². The van der Waals surface area contributed by atoms with E-state index < -0.39 is 0 Å². The Morgan fingerprint density at radius 1 is 0.758 bits per heavy atom. The van der Waals surface area contributed by atoms with Crippen molar-refractivity contribution in [3.63, 3.8) is 0 Å². The van der Waals surface area contributed by atoms with E-state index in [9.17, 15) is 5.11 Å². The molecule has 6 rings (SSSR count). The molecule has 1 fully saturated rings. The summed E-state index contributed by atoms with van der Waals surface area (Å²) in [5.41, 5.74) is 7.88. The van der Waals surface area contributed by atoms with E-state index in [1.165, 1.54) is 5.69 Å². The lowest BCUT2D eigenvalue weighted by Crippen LogP contribution is -2.44. The molecule has 2 aromatic heterocycles. The van der Waals surface area contributed by atoms with Crippen LogP contribution in [0.1, 0.15) is 5.56 Å². The van der Waals surface area contributed by atoms with E-state index in [0.717, 1.165) is 76.6 Å². The molecule has 0 saturated carbocycles. The number of anilines is 1. The Morgan fingerprint density at radius 2 is 1.36 bits per heavy atom. The van der Waals surface area contributed by atoms with Gasteiger partial charge in [-0.3, -0.25) is 0 Å². The predicted octanol–water partition coefficient (Wildman–Crippen LogP) is 4.54.